The fourth-order valence-electron chi connectivity index (χ4n) is 1.78. The van der Waals surface area contributed by atoms with Gasteiger partial charge in [0.25, 0.3) is 0 Å². The molecular weight excluding hydrogens is 337 g/mol. The largest absolute Gasteiger partial charge is 0.465 e. The minimum atomic E-state index is -0.428. The first-order chi connectivity index (χ1) is 11.0. The van der Waals surface area contributed by atoms with Crippen LogP contribution in [-0.2, 0) is 9.53 Å². The van der Waals surface area contributed by atoms with Crippen LogP contribution in [0.3, 0.4) is 0 Å². The Labute approximate surface area is 143 Å². The highest BCUT2D eigenvalue weighted by atomic mass is 35.5. The Balaban J connectivity index is 2.00. The second-order valence-corrected chi connectivity index (χ2v) is 5.38. The summed E-state index contributed by atoms with van der Waals surface area (Å²) in [6.07, 6.45) is 3.01. The van der Waals surface area contributed by atoms with Crippen molar-refractivity contribution in [1.82, 2.24) is 0 Å². The van der Waals surface area contributed by atoms with Gasteiger partial charge >= 0.3 is 5.97 Å². The molecule has 0 unspecified atom stereocenters. The molecule has 0 fully saturated rings. The summed E-state index contributed by atoms with van der Waals surface area (Å²) in [7, 11) is 1.31. The van der Waals surface area contributed by atoms with E-state index in [0.29, 0.717) is 21.3 Å². The van der Waals surface area contributed by atoms with Gasteiger partial charge in [-0.2, -0.15) is 0 Å². The molecule has 0 bridgehead atoms. The van der Waals surface area contributed by atoms with Crippen molar-refractivity contribution in [3.05, 3.63) is 69.7 Å². The third kappa shape index (κ3) is 4.84. The molecule has 6 heteroatoms. The van der Waals surface area contributed by atoms with Crippen LogP contribution >= 0.6 is 23.2 Å². The predicted molar refractivity (Wildman–Crippen MR) is 91.9 cm³/mol. The number of esters is 1. The zero-order valence-electron chi connectivity index (χ0n) is 12.2. The van der Waals surface area contributed by atoms with E-state index in [9.17, 15) is 9.59 Å². The summed E-state index contributed by atoms with van der Waals surface area (Å²) in [4.78, 5) is 23.2. The lowest BCUT2D eigenvalue weighted by molar-refractivity contribution is -0.111. The van der Waals surface area contributed by atoms with Crippen LogP contribution in [0.2, 0.25) is 10.0 Å². The maximum Gasteiger partial charge on any atom is 0.337 e. The van der Waals surface area contributed by atoms with Crippen LogP contribution in [-0.4, -0.2) is 19.0 Å². The van der Waals surface area contributed by atoms with Gasteiger partial charge in [0, 0.05) is 11.8 Å². The van der Waals surface area contributed by atoms with Crippen molar-refractivity contribution >= 4 is 46.8 Å². The molecule has 0 aliphatic carbocycles. The van der Waals surface area contributed by atoms with Crippen LogP contribution in [0.25, 0.3) is 6.08 Å². The zero-order valence-corrected chi connectivity index (χ0v) is 13.7. The molecule has 0 aromatic heterocycles. The van der Waals surface area contributed by atoms with Crippen molar-refractivity contribution in [2.24, 2.45) is 0 Å². The Hall–Kier alpha value is -2.30. The monoisotopic (exact) mass is 349 g/mol. The van der Waals surface area contributed by atoms with Crippen molar-refractivity contribution in [2.45, 2.75) is 0 Å². The average Bonchev–Trinajstić information content (AvgIpc) is 2.56. The van der Waals surface area contributed by atoms with Gasteiger partial charge in [-0.15, -0.1) is 0 Å². The highest BCUT2D eigenvalue weighted by Gasteiger charge is 2.05. The molecule has 0 saturated carbocycles. The maximum absolute atomic E-state index is 11.9. The molecule has 118 valence electrons. The van der Waals surface area contributed by atoms with Crippen LogP contribution in [0.4, 0.5) is 5.69 Å². The molecule has 0 spiro atoms. The summed E-state index contributed by atoms with van der Waals surface area (Å²) >= 11 is 11.7. The summed E-state index contributed by atoms with van der Waals surface area (Å²) in [5.41, 5.74) is 1.74. The molecule has 0 heterocycles. The summed E-state index contributed by atoms with van der Waals surface area (Å²) in [5.74, 6) is -0.732. The zero-order chi connectivity index (χ0) is 16.8. The summed E-state index contributed by atoms with van der Waals surface area (Å²) < 4.78 is 4.61. The molecule has 0 aliphatic rings. The van der Waals surface area contributed by atoms with E-state index in [2.05, 4.69) is 10.1 Å². The van der Waals surface area contributed by atoms with Crippen molar-refractivity contribution in [3.63, 3.8) is 0 Å². The molecular formula is C17H13Cl2NO3. The average molecular weight is 350 g/mol. The molecule has 0 saturated heterocycles. The van der Waals surface area contributed by atoms with Crippen LogP contribution in [0, 0.1) is 0 Å². The normalized spacial score (nSPS) is 10.6. The highest BCUT2D eigenvalue weighted by molar-refractivity contribution is 6.42. The second-order valence-electron chi connectivity index (χ2n) is 4.57. The molecule has 0 atom stereocenters. The lowest BCUT2D eigenvalue weighted by Crippen LogP contribution is -2.08. The summed E-state index contributed by atoms with van der Waals surface area (Å²) in [6.45, 7) is 0. The molecule has 23 heavy (non-hydrogen) atoms. The number of hydrogen-bond acceptors (Lipinski definition) is 3. The van der Waals surface area contributed by atoms with Gasteiger partial charge in [-0.3, -0.25) is 4.79 Å². The van der Waals surface area contributed by atoms with E-state index >= 15 is 0 Å². The lowest BCUT2D eigenvalue weighted by Gasteiger charge is -2.03. The first-order valence-electron chi connectivity index (χ1n) is 6.62. The summed E-state index contributed by atoms with van der Waals surface area (Å²) in [6, 6.07) is 11.5. The Bertz CT molecular complexity index is 755. The predicted octanol–water partition coefficient (Wildman–Crippen LogP) is 4.43. The molecule has 0 radical (unpaired) electrons. The molecule has 4 nitrogen and oxygen atoms in total. The molecule has 0 aliphatic heterocycles. The van der Waals surface area contributed by atoms with E-state index < -0.39 is 5.97 Å². The van der Waals surface area contributed by atoms with E-state index in [1.807, 2.05) is 0 Å². The quantitative estimate of drug-likeness (QED) is 0.656. The Morgan fingerprint density at radius 3 is 2.35 bits per heavy atom. The van der Waals surface area contributed by atoms with Gasteiger partial charge in [-0.05, 0) is 48.0 Å². The fourth-order valence-corrected chi connectivity index (χ4v) is 2.09. The van der Waals surface area contributed by atoms with Gasteiger partial charge in [0.2, 0.25) is 5.91 Å². The van der Waals surface area contributed by atoms with Gasteiger partial charge in [0.05, 0.1) is 22.7 Å². The third-order valence-corrected chi connectivity index (χ3v) is 3.68. The Kier molecular flexibility index (Phi) is 5.79. The number of carbonyl (C=O) groups excluding carboxylic acids is 2. The fraction of sp³-hybridized carbons (Fsp3) is 0.0588. The van der Waals surface area contributed by atoms with E-state index in [1.165, 1.54) is 13.2 Å². The number of amides is 1. The van der Waals surface area contributed by atoms with Gasteiger partial charge < -0.3 is 10.1 Å². The molecule has 1 N–H and O–H groups in total. The number of halogens is 2. The topological polar surface area (TPSA) is 55.4 Å². The second kappa shape index (κ2) is 7.81. The number of carbonyl (C=O) groups is 2. The van der Waals surface area contributed by atoms with Crippen molar-refractivity contribution < 1.29 is 14.3 Å². The third-order valence-electron chi connectivity index (χ3n) is 2.94. The first kappa shape index (κ1) is 17.1. The maximum atomic E-state index is 11.9. The first-order valence-corrected chi connectivity index (χ1v) is 7.37. The van der Waals surface area contributed by atoms with Gasteiger partial charge in [-0.25, -0.2) is 4.79 Å². The van der Waals surface area contributed by atoms with Crippen LogP contribution in [0.15, 0.2) is 48.5 Å². The number of methoxy groups -OCH3 is 1. The molecule has 2 aromatic carbocycles. The minimum absolute atomic E-state index is 0.304. The van der Waals surface area contributed by atoms with Gasteiger partial charge in [0.1, 0.15) is 0 Å². The SMILES string of the molecule is COC(=O)c1ccc(NC(=O)C=Cc2ccc(Cl)c(Cl)c2)cc1. The number of nitrogens with one attached hydrogen (secondary N) is 1. The molecule has 2 aromatic rings. The number of hydrogen-bond donors (Lipinski definition) is 1. The Morgan fingerprint density at radius 1 is 1.04 bits per heavy atom. The van der Waals surface area contributed by atoms with E-state index in [0.717, 1.165) is 5.56 Å². The van der Waals surface area contributed by atoms with Crippen molar-refractivity contribution in [2.75, 3.05) is 12.4 Å². The summed E-state index contributed by atoms with van der Waals surface area (Å²) in [5, 5.41) is 3.57. The lowest BCUT2D eigenvalue weighted by atomic mass is 10.2. The van der Waals surface area contributed by atoms with Crippen LogP contribution in [0.1, 0.15) is 15.9 Å². The number of rotatable bonds is 4. The van der Waals surface area contributed by atoms with Crippen molar-refractivity contribution in [1.29, 1.82) is 0 Å². The number of ether oxygens (including phenoxy) is 1. The van der Waals surface area contributed by atoms with Crippen molar-refractivity contribution in [3.8, 4) is 0 Å². The Morgan fingerprint density at radius 2 is 1.74 bits per heavy atom. The highest BCUT2D eigenvalue weighted by Crippen LogP contribution is 2.23. The van der Waals surface area contributed by atoms with E-state index in [-0.39, 0.29) is 5.91 Å². The molecule has 1 amide bonds. The smallest absolute Gasteiger partial charge is 0.337 e. The van der Waals surface area contributed by atoms with Gasteiger partial charge in [-0.1, -0.05) is 29.3 Å². The van der Waals surface area contributed by atoms with E-state index in [1.54, 1.807) is 48.5 Å². The van der Waals surface area contributed by atoms with Crippen LogP contribution < -0.4 is 5.32 Å². The van der Waals surface area contributed by atoms with Crippen LogP contribution in [0.5, 0.6) is 0 Å². The number of anilines is 1. The standard InChI is InChI=1S/C17H13Cl2NO3/c1-23-17(22)12-4-6-13(7-5-12)20-16(21)9-3-11-2-8-14(18)15(19)10-11/h2-10H,1H3,(H,20,21). The molecule has 2 rings (SSSR count). The number of benzene rings is 2. The van der Waals surface area contributed by atoms with E-state index in [4.69, 9.17) is 23.2 Å². The van der Waals surface area contributed by atoms with Gasteiger partial charge in [0.15, 0.2) is 0 Å². The minimum Gasteiger partial charge on any atom is -0.465 e.